The van der Waals surface area contributed by atoms with Crippen molar-refractivity contribution in [2.75, 3.05) is 36.0 Å². The minimum Gasteiger partial charge on any atom is -0.356 e. The van der Waals surface area contributed by atoms with Crippen LogP contribution < -0.4 is 20.4 Å². The van der Waals surface area contributed by atoms with E-state index in [9.17, 15) is 4.79 Å². The number of carbonyl (C=O) groups excluding carboxylic acids is 1. The maximum atomic E-state index is 12.3. The molecule has 3 aliphatic rings. The van der Waals surface area contributed by atoms with Crippen LogP contribution in [-0.2, 0) is 0 Å². The molecule has 2 amide bonds. The van der Waals surface area contributed by atoms with Gasteiger partial charge in [0.15, 0.2) is 0 Å². The number of nitrogens with zero attached hydrogens (tertiary/aromatic N) is 4. The van der Waals surface area contributed by atoms with Gasteiger partial charge >= 0.3 is 6.03 Å². The van der Waals surface area contributed by atoms with Gasteiger partial charge in [0.05, 0.1) is 0 Å². The van der Waals surface area contributed by atoms with E-state index in [1.807, 2.05) is 0 Å². The fourth-order valence-corrected chi connectivity index (χ4v) is 4.41. The Kier molecular flexibility index (Phi) is 5.41. The first-order valence-corrected chi connectivity index (χ1v) is 10.2. The smallest absolute Gasteiger partial charge is 0.315 e. The van der Waals surface area contributed by atoms with Gasteiger partial charge in [0.25, 0.3) is 0 Å². The van der Waals surface area contributed by atoms with Crippen molar-refractivity contribution in [2.45, 2.75) is 63.5 Å². The van der Waals surface area contributed by atoms with Crippen LogP contribution in [0.15, 0.2) is 12.4 Å². The lowest BCUT2D eigenvalue weighted by Gasteiger charge is -2.34. The number of amides is 2. The Morgan fingerprint density at radius 3 is 2.23 bits per heavy atom. The minimum absolute atomic E-state index is 0.0100. The molecule has 7 nitrogen and oxygen atoms in total. The number of piperidine rings is 1. The van der Waals surface area contributed by atoms with Gasteiger partial charge < -0.3 is 20.4 Å². The Balaban J connectivity index is 1.34. The van der Waals surface area contributed by atoms with Crippen LogP contribution in [0, 0.1) is 0 Å². The van der Waals surface area contributed by atoms with E-state index >= 15 is 0 Å². The molecule has 0 bridgehead atoms. The monoisotopic (exact) mass is 358 g/mol. The van der Waals surface area contributed by atoms with Gasteiger partial charge in [-0.1, -0.05) is 12.8 Å². The minimum atomic E-state index is -0.0100. The van der Waals surface area contributed by atoms with E-state index < -0.39 is 0 Å². The molecule has 2 saturated heterocycles. The van der Waals surface area contributed by atoms with Gasteiger partial charge in [-0.2, -0.15) is 0 Å². The standard InChI is InChI=1S/C19H30N6O/c26-19(22-15-6-1-2-7-15)23-16-8-5-11-25(13-16)18-12-17(20-14-21-18)24-9-3-4-10-24/h12,14-16H,1-11,13H2,(H2,22,23,26)/t16-/m1/s1. The molecule has 1 aliphatic carbocycles. The first-order chi connectivity index (χ1) is 12.8. The van der Waals surface area contributed by atoms with E-state index in [4.69, 9.17) is 0 Å². The Morgan fingerprint density at radius 2 is 1.46 bits per heavy atom. The molecule has 0 aromatic carbocycles. The number of urea groups is 1. The molecule has 4 rings (SSSR count). The molecular formula is C19H30N6O. The quantitative estimate of drug-likeness (QED) is 0.864. The predicted molar refractivity (Wildman–Crippen MR) is 103 cm³/mol. The van der Waals surface area contributed by atoms with E-state index in [0.717, 1.165) is 63.5 Å². The summed E-state index contributed by atoms with van der Waals surface area (Å²) in [6.45, 7) is 3.97. The SMILES string of the molecule is O=C(NC1CCCC1)N[C@@H]1CCCN(c2cc(N3CCCC3)ncn2)C1. The predicted octanol–water partition coefficient (Wildman–Crippen LogP) is 2.29. The van der Waals surface area contributed by atoms with Crippen LogP contribution in [-0.4, -0.2) is 54.3 Å². The lowest BCUT2D eigenvalue weighted by atomic mass is 10.1. The molecule has 0 radical (unpaired) electrons. The van der Waals surface area contributed by atoms with Gasteiger partial charge in [-0.15, -0.1) is 0 Å². The highest BCUT2D eigenvalue weighted by molar-refractivity contribution is 5.74. The molecule has 7 heteroatoms. The van der Waals surface area contributed by atoms with E-state index in [-0.39, 0.29) is 12.1 Å². The van der Waals surface area contributed by atoms with Gasteiger partial charge in [-0.25, -0.2) is 14.8 Å². The first-order valence-electron chi connectivity index (χ1n) is 10.2. The highest BCUT2D eigenvalue weighted by Crippen LogP contribution is 2.24. The summed E-state index contributed by atoms with van der Waals surface area (Å²) in [5.74, 6) is 2.01. The highest BCUT2D eigenvalue weighted by Gasteiger charge is 2.25. The van der Waals surface area contributed by atoms with Gasteiger partial charge in [-0.3, -0.25) is 0 Å². The second-order valence-corrected chi connectivity index (χ2v) is 7.81. The van der Waals surface area contributed by atoms with Crippen molar-refractivity contribution >= 4 is 17.7 Å². The Morgan fingerprint density at radius 1 is 0.846 bits per heavy atom. The Labute approximate surface area is 155 Å². The molecule has 1 aromatic rings. The number of hydrogen-bond donors (Lipinski definition) is 2. The Hall–Kier alpha value is -2.05. The number of aromatic nitrogens is 2. The van der Waals surface area contributed by atoms with Crippen molar-refractivity contribution in [1.29, 1.82) is 0 Å². The van der Waals surface area contributed by atoms with Crippen molar-refractivity contribution in [3.05, 3.63) is 12.4 Å². The van der Waals surface area contributed by atoms with Gasteiger partial charge in [0.2, 0.25) is 0 Å². The van der Waals surface area contributed by atoms with E-state index in [1.54, 1.807) is 6.33 Å². The maximum absolute atomic E-state index is 12.3. The molecule has 3 heterocycles. The zero-order chi connectivity index (χ0) is 17.8. The summed E-state index contributed by atoms with van der Waals surface area (Å²) in [4.78, 5) is 25.8. The summed E-state index contributed by atoms with van der Waals surface area (Å²) in [6, 6.07) is 2.63. The van der Waals surface area contributed by atoms with Crippen molar-refractivity contribution in [3.8, 4) is 0 Å². The maximum Gasteiger partial charge on any atom is 0.315 e. The van der Waals surface area contributed by atoms with Crippen LogP contribution in [0.5, 0.6) is 0 Å². The molecule has 26 heavy (non-hydrogen) atoms. The van der Waals surface area contributed by atoms with Crippen LogP contribution in [0.3, 0.4) is 0 Å². The van der Waals surface area contributed by atoms with E-state index in [1.165, 1.54) is 25.7 Å². The number of anilines is 2. The number of rotatable bonds is 4. The normalized spacial score (nSPS) is 24.1. The van der Waals surface area contributed by atoms with E-state index in [0.29, 0.717) is 6.04 Å². The number of carbonyl (C=O) groups is 1. The fourth-order valence-electron chi connectivity index (χ4n) is 4.41. The molecule has 1 aromatic heterocycles. The van der Waals surface area contributed by atoms with Gasteiger partial charge in [0.1, 0.15) is 18.0 Å². The molecule has 142 valence electrons. The van der Waals surface area contributed by atoms with Crippen LogP contribution in [0.25, 0.3) is 0 Å². The fraction of sp³-hybridized carbons (Fsp3) is 0.737. The van der Waals surface area contributed by atoms with Crippen molar-refractivity contribution < 1.29 is 4.79 Å². The summed E-state index contributed by atoms with van der Waals surface area (Å²) in [7, 11) is 0. The third-order valence-corrected chi connectivity index (χ3v) is 5.84. The summed E-state index contributed by atoms with van der Waals surface area (Å²) in [5.41, 5.74) is 0. The molecule has 1 atom stereocenters. The lowest BCUT2D eigenvalue weighted by Crippen LogP contribution is -2.52. The molecule has 2 N–H and O–H groups in total. The number of nitrogens with one attached hydrogen (secondary N) is 2. The molecular weight excluding hydrogens is 328 g/mol. The largest absolute Gasteiger partial charge is 0.356 e. The zero-order valence-electron chi connectivity index (χ0n) is 15.5. The average molecular weight is 358 g/mol. The van der Waals surface area contributed by atoms with Crippen molar-refractivity contribution in [3.63, 3.8) is 0 Å². The third kappa shape index (κ3) is 4.19. The average Bonchev–Trinajstić information content (AvgIpc) is 3.36. The molecule has 0 spiro atoms. The summed E-state index contributed by atoms with van der Waals surface area (Å²) in [5, 5.41) is 6.30. The zero-order valence-corrected chi connectivity index (χ0v) is 15.5. The third-order valence-electron chi connectivity index (χ3n) is 5.84. The Bertz CT molecular complexity index is 612. The van der Waals surface area contributed by atoms with Crippen molar-refractivity contribution in [1.82, 2.24) is 20.6 Å². The second kappa shape index (κ2) is 8.10. The van der Waals surface area contributed by atoms with Gasteiger partial charge in [-0.05, 0) is 38.5 Å². The first kappa shape index (κ1) is 17.4. The molecule has 1 saturated carbocycles. The summed E-state index contributed by atoms with van der Waals surface area (Å²) in [6.07, 6.45) is 10.9. The summed E-state index contributed by atoms with van der Waals surface area (Å²) >= 11 is 0. The van der Waals surface area contributed by atoms with Crippen LogP contribution in [0.1, 0.15) is 51.4 Å². The molecule has 2 aliphatic heterocycles. The highest BCUT2D eigenvalue weighted by atomic mass is 16.2. The van der Waals surface area contributed by atoms with Gasteiger partial charge in [0, 0.05) is 44.3 Å². The van der Waals surface area contributed by atoms with E-state index in [2.05, 4.69) is 36.5 Å². The van der Waals surface area contributed by atoms with Crippen molar-refractivity contribution in [2.24, 2.45) is 0 Å². The summed E-state index contributed by atoms with van der Waals surface area (Å²) < 4.78 is 0. The van der Waals surface area contributed by atoms with Crippen LogP contribution in [0.4, 0.5) is 16.4 Å². The molecule has 0 unspecified atom stereocenters. The molecule has 3 fully saturated rings. The lowest BCUT2D eigenvalue weighted by molar-refractivity contribution is 0.231. The van der Waals surface area contributed by atoms with Crippen LogP contribution in [0.2, 0.25) is 0 Å². The topological polar surface area (TPSA) is 73.4 Å². The van der Waals surface area contributed by atoms with Crippen LogP contribution >= 0.6 is 0 Å². The second-order valence-electron chi connectivity index (χ2n) is 7.81. The number of hydrogen-bond acceptors (Lipinski definition) is 5.